The topological polar surface area (TPSA) is 45.7 Å². The third-order valence-electron chi connectivity index (χ3n) is 5.05. The quantitative estimate of drug-likeness (QED) is 0.536. The van der Waals surface area contributed by atoms with E-state index in [1.807, 2.05) is 19.1 Å². The van der Waals surface area contributed by atoms with E-state index < -0.39 is 0 Å². The van der Waals surface area contributed by atoms with Gasteiger partial charge in [0.2, 0.25) is 0 Å². The van der Waals surface area contributed by atoms with Crippen LogP contribution in [0.15, 0.2) is 42.6 Å². The van der Waals surface area contributed by atoms with Gasteiger partial charge in [-0.1, -0.05) is 36.4 Å². The lowest BCUT2D eigenvalue weighted by atomic mass is 10.0. The van der Waals surface area contributed by atoms with Gasteiger partial charge in [0.05, 0.1) is 17.8 Å². The second kappa shape index (κ2) is 6.92. The molecule has 26 heavy (non-hydrogen) atoms. The molecule has 1 aliphatic heterocycles. The first-order chi connectivity index (χ1) is 12.7. The van der Waals surface area contributed by atoms with Gasteiger partial charge in [-0.25, -0.2) is 4.79 Å². The number of nitrogens with zero attached hydrogens (tertiary/aromatic N) is 3. The summed E-state index contributed by atoms with van der Waals surface area (Å²) in [6, 6.07) is 12.4. The molecule has 0 aliphatic carbocycles. The number of hydrogen-bond donors (Lipinski definition) is 0. The highest BCUT2D eigenvalue weighted by atomic mass is 16.5. The molecule has 0 N–H and O–H groups in total. The van der Waals surface area contributed by atoms with Crippen LogP contribution in [-0.4, -0.2) is 55.7 Å². The number of ether oxygens (including phenoxy) is 1. The number of carbonyl (C=O) groups excluding carboxylic acids is 1. The Balaban J connectivity index is 1.94. The maximum atomic E-state index is 12.6. The largest absolute Gasteiger partial charge is 0.462 e. The zero-order valence-electron chi connectivity index (χ0n) is 15.2. The number of piperazine rings is 1. The Hall–Kier alpha value is -2.66. The summed E-state index contributed by atoms with van der Waals surface area (Å²) in [6.45, 7) is 5.90. The van der Waals surface area contributed by atoms with Crippen LogP contribution in [0.2, 0.25) is 0 Å². The Labute approximate surface area is 153 Å². The highest BCUT2D eigenvalue weighted by Gasteiger charge is 2.24. The van der Waals surface area contributed by atoms with Crippen LogP contribution < -0.4 is 4.90 Å². The molecule has 0 atom stereocenters. The minimum Gasteiger partial charge on any atom is -0.462 e. The maximum absolute atomic E-state index is 12.6. The lowest BCUT2D eigenvalue weighted by Crippen LogP contribution is -2.45. The fourth-order valence-electron chi connectivity index (χ4n) is 3.65. The Bertz CT molecular complexity index is 962. The zero-order chi connectivity index (χ0) is 18.1. The summed E-state index contributed by atoms with van der Waals surface area (Å²) >= 11 is 0. The molecule has 1 aliphatic rings. The van der Waals surface area contributed by atoms with E-state index in [0.29, 0.717) is 12.2 Å². The SMILES string of the molecule is CCOC(=O)c1cnc2c(ccc3ccccc32)c1N1CCN(C)CC1. The molecule has 2 aromatic carbocycles. The minimum atomic E-state index is -0.302. The van der Waals surface area contributed by atoms with Crippen LogP contribution in [0.25, 0.3) is 21.7 Å². The number of likely N-dealkylation sites (N-methyl/N-ethyl adjacent to an activating group) is 1. The second-order valence-corrected chi connectivity index (χ2v) is 6.71. The average molecular weight is 349 g/mol. The minimum absolute atomic E-state index is 0.302. The van der Waals surface area contributed by atoms with Crippen molar-refractivity contribution in [2.24, 2.45) is 0 Å². The molecule has 0 saturated carbocycles. The molecule has 0 amide bonds. The summed E-state index contributed by atoms with van der Waals surface area (Å²) < 4.78 is 5.30. The van der Waals surface area contributed by atoms with Gasteiger partial charge in [0.15, 0.2) is 0 Å². The standard InChI is InChI=1S/C21H23N3O2/c1-3-26-21(25)18-14-22-19-16-7-5-4-6-15(16)8-9-17(19)20(18)24-12-10-23(2)11-13-24/h4-9,14H,3,10-13H2,1-2H3. The number of esters is 1. The molecule has 2 heterocycles. The first kappa shape index (κ1) is 16.8. The van der Waals surface area contributed by atoms with Gasteiger partial charge < -0.3 is 14.5 Å². The molecule has 3 aromatic rings. The van der Waals surface area contributed by atoms with Crippen molar-refractivity contribution in [3.63, 3.8) is 0 Å². The maximum Gasteiger partial charge on any atom is 0.341 e. The third kappa shape index (κ3) is 2.88. The van der Waals surface area contributed by atoms with Crippen molar-refractivity contribution >= 4 is 33.3 Å². The van der Waals surface area contributed by atoms with E-state index in [0.717, 1.165) is 53.5 Å². The molecule has 1 saturated heterocycles. The van der Waals surface area contributed by atoms with Gasteiger partial charge in [0.1, 0.15) is 5.56 Å². The molecule has 5 nitrogen and oxygen atoms in total. The van der Waals surface area contributed by atoms with E-state index in [2.05, 4.69) is 46.1 Å². The molecular weight excluding hydrogens is 326 g/mol. The van der Waals surface area contributed by atoms with Crippen LogP contribution >= 0.6 is 0 Å². The Kier molecular flexibility index (Phi) is 4.47. The van der Waals surface area contributed by atoms with Crippen molar-refractivity contribution in [1.29, 1.82) is 0 Å². The van der Waals surface area contributed by atoms with Gasteiger partial charge >= 0.3 is 5.97 Å². The van der Waals surface area contributed by atoms with Gasteiger partial charge in [-0.2, -0.15) is 0 Å². The summed E-state index contributed by atoms with van der Waals surface area (Å²) in [5.74, 6) is -0.302. The van der Waals surface area contributed by atoms with Crippen LogP contribution in [0.4, 0.5) is 5.69 Å². The predicted molar refractivity (Wildman–Crippen MR) is 105 cm³/mol. The molecule has 5 heteroatoms. The van der Waals surface area contributed by atoms with Crippen LogP contribution in [0.3, 0.4) is 0 Å². The predicted octanol–water partition coefficient (Wildman–Crippen LogP) is 3.32. The summed E-state index contributed by atoms with van der Waals surface area (Å²) in [5.41, 5.74) is 2.44. The van der Waals surface area contributed by atoms with Crippen LogP contribution in [0, 0.1) is 0 Å². The summed E-state index contributed by atoms with van der Waals surface area (Å²) in [6.07, 6.45) is 1.68. The molecule has 0 radical (unpaired) electrons. The van der Waals surface area contributed by atoms with Gasteiger partial charge in [0.25, 0.3) is 0 Å². The number of hydrogen-bond acceptors (Lipinski definition) is 5. The zero-order valence-corrected chi connectivity index (χ0v) is 15.2. The number of benzene rings is 2. The molecule has 0 unspecified atom stereocenters. The van der Waals surface area contributed by atoms with E-state index in [1.54, 1.807) is 6.20 Å². The Morgan fingerprint density at radius 2 is 1.85 bits per heavy atom. The van der Waals surface area contributed by atoms with Crippen molar-refractivity contribution in [2.45, 2.75) is 6.92 Å². The van der Waals surface area contributed by atoms with E-state index in [1.165, 1.54) is 0 Å². The number of aromatic nitrogens is 1. The number of carbonyl (C=O) groups is 1. The lowest BCUT2D eigenvalue weighted by Gasteiger charge is -2.35. The van der Waals surface area contributed by atoms with E-state index in [9.17, 15) is 4.79 Å². The molecule has 1 aromatic heterocycles. The van der Waals surface area contributed by atoms with E-state index in [4.69, 9.17) is 4.74 Å². The number of anilines is 1. The van der Waals surface area contributed by atoms with Crippen molar-refractivity contribution in [2.75, 3.05) is 44.7 Å². The monoisotopic (exact) mass is 349 g/mol. The van der Waals surface area contributed by atoms with Crippen molar-refractivity contribution in [3.05, 3.63) is 48.2 Å². The third-order valence-corrected chi connectivity index (χ3v) is 5.05. The van der Waals surface area contributed by atoms with E-state index in [-0.39, 0.29) is 5.97 Å². The van der Waals surface area contributed by atoms with Crippen LogP contribution in [0.1, 0.15) is 17.3 Å². The highest BCUT2D eigenvalue weighted by Crippen LogP contribution is 2.34. The fourth-order valence-corrected chi connectivity index (χ4v) is 3.65. The number of pyridine rings is 1. The van der Waals surface area contributed by atoms with Gasteiger partial charge in [-0.15, -0.1) is 0 Å². The Morgan fingerprint density at radius 3 is 2.62 bits per heavy atom. The fraction of sp³-hybridized carbons (Fsp3) is 0.333. The first-order valence-corrected chi connectivity index (χ1v) is 9.10. The van der Waals surface area contributed by atoms with Crippen molar-refractivity contribution < 1.29 is 9.53 Å². The van der Waals surface area contributed by atoms with Gasteiger partial charge in [-0.3, -0.25) is 4.98 Å². The van der Waals surface area contributed by atoms with Crippen LogP contribution in [0.5, 0.6) is 0 Å². The normalized spacial score (nSPS) is 15.5. The smallest absolute Gasteiger partial charge is 0.341 e. The van der Waals surface area contributed by atoms with E-state index >= 15 is 0 Å². The average Bonchev–Trinajstić information content (AvgIpc) is 2.68. The number of fused-ring (bicyclic) bond motifs is 3. The molecular formula is C21H23N3O2. The molecule has 0 bridgehead atoms. The second-order valence-electron chi connectivity index (χ2n) is 6.71. The highest BCUT2D eigenvalue weighted by molar-refractivity contribution is 6.13. The molecule has 4 rings (SSSR count). The van der Waals surface area contributed by atoms with Crippen molar-refractivity contribution in [3.8, 4) is 0 Å². The summed E-state index contributed by atoms with van der Waals surface area (Å²) in [7, 11) is 2.13. The lowest BCUT2D eigenvalue weighted by molar-refractivity contribution is 0.0526. The number of rotatable bonds is 3. The van der Waals surface area contributed by atoms with Gasteiger partial charge in [-0.05, 0) is 19.4 Å². The summed E-state index contributed by atoms with van der Waals surface area (Å²) in [5, 5.41) is 3.27. The first-order valence-electron chi connectivity index (χ1n) is 9.10. The van der Waals surface area contributed by atoms with Crippen molar-refractivity contribution in [1.82, 2.24) is 9.88 Å². The molecule has 134 valence electrons. The molecule has 0 spiro atoms. The molecule has 1 fully saturated rings. The Morgan fingerprint density at radius 1 is 1.08 bits per heavy atom. The van der Waals surface area contributed by atoms with Crippen LogP contribution in [-0.2, 0) is 4.74 Å². The summed E-state index contributed by atoms with van der Waals surface area (Å²) in [4.78, 5) is 21.8. The van der Waals surface area contributed by atoms with Gasteiger partial charge in [0, 0.05) is 43.1 Å².